The van der Waals surface area contributed by atoms with Gasteiger partial charge in [0.25, 0.3) is 5.91 Å². The molecular formula is C16H11N3OS2. The second kappa shape index (κ2) is 5.15. The number of carbonyl (C=O) groups excluding carboxylic acids is 1. The van der Waals surface area contributed by atoms with Crippen LogP contribution in [-0.4, -0.2) is 15.5 Å². The molecule has 0 atom stereocenters. The van der Waals surface area contributed by atoms with Crippen LogP contribution in [0.3, 0.4) is 0 Å². The molecule has 0 fully saturated rings. The van der Waals surface area contributed by atoms with Crippen molar-refractivity contribution in [2.75, 3.05) is 0 Å². The summed E-state index contributed by atoms with van der Waals surface area (Å²) in [6.45, 7) is 0. The maximum atomic E-state index is 12.4. The molecule has 0 N–H and O–H groups in total. The van der Waals surface area contributed by atoms with E-state index in [0.717, 1.165) is 20.4 Å². The summed E-state index contributed by atoms with van der Waals surface area (Å²) in [5, 5.41) is 0. The molecule has 108 valence electrons. The van der Waals surface area contributed by atoms with Crippen molar-refractivity contribution < 1.29 is 4.79 Å². The van der Waals surface area contributed by atoms with Gasteiger partial charge in [0.1, 0.15) is 0 Å². The van der Waals surface area contributed by atoms with Crippen LogP contribution in [0.15, 0.2) is 53.0 Å². The van der Waals surface area contributed by atoms with Gasteiger partial charge in [-0.15, -0.1) is 11.3 Å². The zero-order valence-corrected chi connectivity index (χ0v) is 13.3. The summed E-state index contributed by atoms with van der Waals surface area (Å²) in [6.07, 6.45) is 0. The molecule has 2 heterocycles. The van der Waals surface area contributed by atoms with E-state index < -0.39 is 0 Å². The van der Waals surface area contributed by atoms with Gasteiger partial charge in [-0.05, 0) is 30.3 Å². The molecule has 0 spiro atoms. The summed E-state index contributed by atoms with van der Waals surface area (Å²) in [4.78, 5) is 21.6. The fraction of sp³-hybridized carbons (Fsp3) is 0.0625. The molecule has 0 aliphatic rings. The molecule has 4 nitrogen and oxygen atoms in total. The highest BCUT2D eigenvalue weighted by Crippen LogP contribution is 2.20. The molecular weight excluding hydrogens is 314 g/mol. The average Bonchev–Trinajstić information content (AvgIpc) is 3.12. The molecule has 2 aromatic carbocycles. The predicted octanol–water partition coefficient (Wildman–Crippen LogP) is 3.59. The monoisotopic (exact) mass is 325 g/mol. The second-order valence-electron chi connectivity index (χ2n) is 4.86. The fourth-order valence-corrected chi connectivity index (χ4v) is 4.06. The van der Waals surface area contributed by atoms with Gasteiger partial charge >= 0.3 is 0 Å². The third kappa shape index (κ3) is 2.17. The molecule has 4 rings (SSSR count). The number of fused-ring (bicyclic) bond motifs is 2. The Hall–Kier alpha value is -2.31. The van der Waals surface area contributed by atoms with Crippen LogP contribution >= 0.6 is 22.7 Å². The third-order valence-corrected chi connectivity index (χ3v) is 5.39. The molecule has 6 heteroatoms. The Kier molecular flexibility index (Phi) is 3.13. The molecule has 1 amide bonds. The molecule has 0 bridgehead atoms. The van der Waals surface area contributed by atoms with Crippen molar-refractivity contribution in [3.63, 3.8) is 0 Å². The van der Waals surface area contributed by atoms with E-state index in [-0.39, 0.29) is 5.91 Å². The van der Waals surface area contributed by atoms with Crippen LogP contribution in [0.5, 0.6) is 0 Å². The number of rotatable bonds is 1. The largest absolute Gasteiger partial charge is 0.319 e. The first kappa shape index (κ1) is 13.4. The van der Waals surface area contributed by atoms with Crippen molar-refractivity contribution in [3.8, 4) is 0 Å². The highest BCUT2D eigenvalue weighted by atomic mass is 32.1. The van der Waals surface area contributed by atoms with Crippen LogP contribution in [0.25, 0.3) is 20.4 Å². The van der Waals surface area contributed by atoms with Crippen molar-refractivity contribution in [3.05, 3.63) is 58.3 Å². The molecule has 0 unspecified atom stereocenters. The number of amides is 1. The third-order valence-electron chi connectivity index (χ3n) is 3.49. The first-order valence-corrected chi connectivity index (χ1v) is 8.39. The number of para-hydroxylation sites is 1. The second-order valence-corrected chi connectivity index (χ2v) is 6.76. The number of aryl methyl sites for hydroxylation is 1. The highest BCUT2D eigenvalue weighted by molar-refractivity contribution is 7.17. The number of hydrogen-bond acceptors (Lipinski definition) is 4. The Morgan fingerprint density at radius 3 is 2.91 bits per heavy atom. The van der Waals surface area contributed by atoms with E-state index in [1.54, 1.807) is 11.6 Å². The van der Waals surface area contributed by atoms with Gasteiger partial charge < -0.3 is 4.57 Å². The van der Waals surface area contributed by atoms with Gasteiger partial charge in [0.15, 0.2) is 4.80 Å². The van der Waals surface area contributed by atoms with E-state index in [0.29, 0.717) is 10.4 Å². The molecule has 22 heavy (non-hydrogen) atoms. The van der Waals surface area contributed by atoms with Gasteiger partial charge in [-0.3, -0.25) is 4.79 Å². The Morgan fingerprint density at radius 1 is 1.18 bits per heavy atom. The van der Waals surface area contributed by atoms with E-state index in [1.807, 2.05) is 48.0 Å². The van der Waals surface area contributed by atoms with Gasteiger partial charge in [-0.25, -0.2) is 4.98 Å². The highest BCUT2D eigenvalue weighted by Gasteiger charge is 2.08. The average molecular weight is 325 g/mol. The van der Waals surface area contributed by atoms with Crippen LogP contribution in [-0.2, 0) is 7.05 Å². The first-order valence-electron chi connectivity index (χ1n) is 6.69. The topological polar surface area (TPSA) is 47.2 Å². The Morgan fingerprint density at radius 2 is 2.05 bits per heavy atom. The summed E-state index contributed by atoms with van der Waals surface area (Å²) in [5.41, 5.74) is 4.36. The van der Waals surface area contributed by atoms with Crippen LogP contribution in [0.4, 0.5) is 0 Å². The van der Waals surface area contributed by atoms with Gasteiger partial charge in [-0.1, -0.05) is 23.5 Å². The quantitative estimate of drug-likeness (QED) is 0.537. The summed E-state index contributed by atoms with van der Waals surface area (Å²) >= 11 is 3.04. The Balaban J connectivity index is 1.82. The minimum Gasteiger partial charge on any atom is -0.319 e. The minimum absolute atomic E-state index is 0.225. The fourth-order valence-electron chi connectivity index (χ4n) is 2.33. The molecule has 0 saturated carbocycles. The van der Waals surface area contributed by atoms with E-state index in [9.17, 15) is 4.79 Å². The maximum absolute atomic E-state index is 12.4. The number of carbonyl (C=O) groups is 1. The molecule has 4 aromatic rings. The lowest BCUT2D eigenvalue weighted by Crippen LogP contribution is -2.13. The summed E-state index contributed by atoms with van der Waals surface area (Å²) < 4.78 is 4.07. The van der Waals surface area contributed by atoms with E-state index in [1.165, 1.54) is 22.7 Å². The number of thiazole rings is 2. The maximum Gasteiger partial charge on any atom is 0.279 e. The predicted molar refractivity (Wildman–Crippen MR) is 90.3 cm³/mol. The van der Waals surface area contributed by atoms with Gasteiger partial charge in [0.2, 0.25) is 0 Å². The summed E-state index contributed by atoms with van der Waals surface area (Å²) in [7, 11) is 1.93. The number of aromatic nitrogens is 2. The standard InChI is InChI=1S/C16H11N3OS2/c1-19-12-4-2-3-5-13(12)22-16(19)18-15(20)10-6-7-11-14(8-10)21-9-17-11/h2-9H,1H3. The minimum atomic E-state index is -0.225. The normalized spacial score (nSPS) is 12.3. The van der Waals surface area contributed by atoms with Crippen LogP contribution in [0.1, 0.15) is 10.4 Å². The summed E-state index contributed by atoms with van der Waals surface area (Å²) in [6, 6.07) is 13.5. The Labute approximate surface area is 134 Å². The first-order chi connectivity index (χ1) is 10.7. The van der Waals surface area contributed by atoms with E-state index in [4.69, 9.17) is 0 Å². The lowest BCUT2D eigenvalue weighted by Gasteiger charge is -1.96. The molecule has 0 aliphatic heterocycles. The number of nitrogens with zero attached hydrogens (tertiary/aromatic N) is 3. The molecule has 0 saturated heterocycles. The van der Waals surface area contributed by atoms with Crippen molar-refractivity contribution in [1.29, 1.82) is 0 Å². The van der Waals surface area contributed by atoms with Gasteiger partial charge in [0, 0.05) is 12.6 Å². The lowest BCUT2D eigenvalue weighted by atomic mass is 10.2. The van der Waals surface area contributed by atoms with Crippen molar-refractivity contribution in [1.82, 2.24) is 9.55 Å². The van der Waals surface area contributed by atoms with Crippen molar-refractivity contribution in [2.24, 2.45) is 12.0 Å². The number of benzene rings is 2. The van der Waals surface area contributed by atoms with Crippen LogP contribution in [0.2, 0.25) is 0 Å². The molecule has 0 aliphatic carbocycles. The van der Waals surface area contributed by atoms with Gasteiger partial charge in [-0.2, -0.15) is 4.99 Å². The molecule has 2 aromatic heterocycles. The SMILES string of the molecule is Cn1c(=NC(=O)c2ccc3ncsc3c2)sc2ccccc21. The van der Waals surface area contributed by atoms with Gasteiger partial charge in [0.05, 0.1) is 25.9 Å². The van der Waals surface area contributed by atoms with Crippen molar-refractivity contribution in [2.45, 2.75) is 0 Å². The van der Waals surface area contributed by atoms with Crippen LogP contribution < -0.4 is 4.80 Å². The Bertz CT molecular complexity index is 1070. The zero-order valence-electron chi connectivity index (χ0n) is 11.7. The summed E-state index contributed by atoms with van der Waals surface area (Å²) in [5.74, 6) is -0.225. The van der Waals surface area contributed by atoms with E-state index in [2.05, 4.69) is 9.98 Å². The van der Waals surface area contributed by atoms with E-state index >= 15 is 0 Å². The lowest BCUT2D eigenvalue weighted by molar-refractivity contribution is 0.0998. The smallest absolute Gasteiger partial charge is 0.279 e. The number of hydrogen-bond donors (Lipinski definition) is 0. The molecule has 0 radical (unpaired) electrons. The van der Waals surface area contributed by atoms with Crippen molar-refractivity contribution >= 4 is 49.0 Å². The zero-order chi connectivity index (χ0) is 15.1. The van der Waals surface area contributed by atoms with Crippen LogP contribution in [0, 0.1) is 0 Å².